The second-order valence-electron chi connectivity index (χ2n) is 4.55. The van der Waals surface area contributed by atoms with Gasteiger partial charge in [-0.15, -0.1) is 0 Å². The summed E-state index contributed by atoms with van der Waals surface area (Å²) in [4.78, 5) is 11.4. The molecule has 0 radical (unpaired) electrons. The third kappa shape index (κ3) is 1.70. The third-order valence-electron chi connectivity index (χ3n) is 3.15. The molecule has 2 heterocycles. The second kappa shape index (κ2) is 3.29. The molecule has 3 nitrogen and oxygen atoms in total. The number of amides is 1. The van der Waals surface area contributed by atoms with E-state index in [-0.39, 0.29) is 11.8 Å². The van der Waals surface area contributed by atoms with E-state index in [4.69, 9.17) is 0 Å². The van der Waals surface area contributed by atoms with Crippen molar-refractivity contribution in [2.45, 2.75) is 51.2 Å². The Kier molecular flexibility index (Phi) is 2.28. The predicted molar refractivity (Wildman–Crippen MR) is 51.3 cm³/mol. The van der Waals surface area contributed by atoms with Crippen LogP contribution in [-0.2, 0) is 4.79 Å². The van der Waals surface area contributed by atoms with Crippen molar-refractivity contribution in [3.8, 4) is 0 Å². The molecule has 0 aromatic heterocycles. The molecule has 2 aliphatic heterocycles. The Balaban J connectivity index is 1.86. The van der Waals surface area contributed by atoms with Gasteiger partial charge in [0.15, 0.2) is 0 Å². The fourth-order valence-corrected chi connectivity index (χ4v) is 2.33. The van der Waals surface area contributed by atoms with E-state index in [1.807, 2.05) is 13.8 Å². The van der Waals surface area contributed by atoms with Crippen molar-refractivity contribution < 1.29 is 4.79 Å². The van der Waals surface area contributed by atoms with Gasteiger partial charge >= 0.3 is 0 Å². The van der Waals surface area contributed by atoms with Crippen molar-refractivity contribution >= 4 is 5.91 Å². The number of rotatable bonds is 2. The van der Waals surface area contributed by atoms with E-state index in [1.165, 1.54) is 12.8 Å². The maximum Gasteiger partial charge on any atom is 0.222 e. The topological polar surface area (TPSA) is 41.1 Å². The Morgan fingerprint density at radius 2 is 2.23 bits per heavy atom. The summed E-state index contributed by atoms with van der Waals surface area (Å²) in [5, 5.41) is 6.62. The largest absolute Gasteiger partial charge is 0.352 e. The zero-order chi connectivity index (χ0) is 9.42. The van der Waals surface area contributed by atoms with Crippen LogP contribution in [-0.4, -0.2) is 24.0 Å². The molecule has 1 amide bonds. The number of hydrogen-bond acceptors (Lipinski definition) is 2. The van der Waals surface area contributed by atoms with Crippen molar-refractivity contribution in [3.63, 3.8) is 0 Å². The fraction of sp³-hybridized carbons (Fsp3) is 0.900. The zero-order valence-electron chi connectivity index (χ0n) is 8.34. The minimum atomic E-state index is 0.110. The molecule has 0 aromatic rings. The molecule has 2 bridgehead atoms. The van der Waals surface area contributed by atoms with Crippen LogP contribution in [0.4, 0.5) is 0 Å². The molecule has 2 saturated heterocycles. The Hall–Kier alpha value is -0.570. The van der Waals surface area contributed by atoms with Gasteiger partial charge in [-0.1, -0.05) is 13.8 Å². The van der Waals surface area contributed by atoms with Gasteiger partial charge in [-0.2, -0.15) is 0 Å². The van der Waals surface area contributed by atoms with E-state index in [2.05, 4.69) is 10.6 Å². The summed E-state index contributed by atoms with van der Waals surface area (Å²) in [5.74, 6) is 0.304. The quantitative estimate of drug-likeness (QED) is 0.658. The first-order chi connectivity index (χ1) is 6.16. The van der Waals surface area contributed by atoms with E-state index in [0.717, 1.165) is 6.42 Å². The molecular formula is C10H18N2O. The molecule has 3 unspecified atom stereocenters. The number of carbonyl (C=O) groups is 1. The lowest BCUT2D eigenvalue weighted by molar-refractivity contribution is -0.124. The monoisotopic (exact) mass is 182 g/mol. The van der Waals surface area contributed by atoms with Gasteiger partial charge in [0.2, 0.25) is 5.91 Å². The van der Waals surface area contributed by atoms with Crippen LogP contribution in [0.2, 0.25) is 0 Å². The molecule has 74 valence electrons. The minimum absolute atomic E-state index is 0.110. The molecule has 0 saturated carbocycles. The van der Waals surface area contributed by atoms with Crippen molar-refractivity contribution in [2.75, 3.05) is 0 Å². The number of fused-ring (bicyclic) bond motifs is 2. The highest BCUT2D eigenvalue weighted by Gasteiger charge is 2.39. The number of carbonyl (C=O) groups excluding carboxylic acids is 1. The minimum Gasteiger partial charge on any atom is -0.352 e. The first kappa shape index (κ1) is 9.00. The van der Waals surface area contributed by atoms with Gasteiger partial charge in [-0.05, 0) is 19.3 Å². The molecule has 0 aromatic carbocycles. The van der Waals surface area contributed by atoms with Gasteiger partial charge in [-0.25, -0.2) is 0 Å². The fourth-order valence-electron chi connectivity index (χ4n) is 2.33. The van der Waals surface area contributed by atoms with Crippen molar-refractivity contribution in [1.29, 1.82) is 0 Å². The summed E-state index contributed by atoms with van der Waals surface area (Å²) in [7, 11) is 0. The molecule has 2 N–H and O–H groups in total. The smallest absolute Gasteiger partial charge is 0.222 e. The van der Waals surface area contributed by atoms with Crippen molar-refractivity contribution in [1.82, 2.24) is 10.6 Å². The van der Waals surface area contributed by atoms with Gasteiger partial charge < -0.3 is 10.6 Å². The average Bonchev–Trinajstić information content (AvgIpc) is 2.64. The number of nitrogens with one attached hydrogen (secondary N) is 2. The lowest BCUT2D eigenvalue weighted by Gasteiger charge is -2.22. The second-order valence-corrected chi connectivity index (χ2v) is 4.55. The molecule has 3 atom stereocenters. The summed E-state index contributed by atoms with van der Waals surface area (Å²) < 4.78 is 0. The van der Waals surface area contributed by atoms with Gasteiger partial charge in [0, 0.05) is 24.0 Å². The summed E-state index contributed by atoms with van der Waals surface area (Å²) in [6.45, 7) is 3.88. The molecule has 2 aliphatic rings. The van der Waals surface area contributed by atoms with Crippen LogP contribution in [0.1, 0.15) is 33.1 Å². The highest BCUT2D eigenvalue weighted by atomic mass is 16.1. The van der Waals surface area contributed by atoms with Crippen molar-refractivity contribution in [2.24, 2.45) is 5.92 Å². The average molecular weight is 182 g/mol. The van der Waals surface area contributed by atoms with E-state index < -0.39 is 0 Å². The van der Waals surface area contributed by atoms with E-state index in [0.29, 0.717) is 18.1 Å². The third-order valence-corrected chi connectivity index (χ3v) is 3.15. The maximum atomic E-state index is 11.4. The molecular weight excluding hydrogens is 164 g/mol. The molecule has 3 heteroatoms. The van der Waals surface area contributed by atoms with Crippen LogP contribution in [0.3, 0.4) is 0 Å². The van der Waals surface area contributed by atoms with Gasteiger partial charge in [-0.3, -0.25) is 4.79 Å². The van der Waals surface area contributed by atoms with Gasteiger partial charge in [0.1, 0.15) is 0 Å². The molecule has 2 fully saturated rings. The highest BCUT2D eigenvalue weighted by molar-refractivity contribution is 5.78. The maximum absolute atomic E-state index is 11.4. The van der Waals surface area contributed by atoms with E-state index >= 15 is 0 Å². The van der Waals surface area contributed by atoms with Crippen LogP contribution in [0, 0.1) is 5.92 Å². The highest BCUT2D eigenvalue weighted by Crippen LogP contribution is 2.28. The van der Waals surface area contributed by atoms with Crippen LogP contribution >= 0.6 is 0 Å². The van der Waals surface area contributed by atoms with Crippen LogP contribution in [0.25, 0.3) is 0 Å². The van der Waals surface area contributed by atoms with Crippen molar-refractivity contribution in [3.05, 3.63) is 0 Å². The first-order valence-electron chi connectivity index (χ1n) is 5.23. The number of hydrogen-bond donors (Lipinski definition) is 2. The Morgan fingerprint density at radius 3 is 2.69 bits per heavy atom. The molecule has 0 aliphatic carbocycles. The zero-order valence-corrected chi connectivity index (χ0v) is 8.34. The summed E-state index contributed by atoms with van der Waals surface area (Å²) in [6.07, 6.45) is 3.65. The normalized spacial score (nSPS) is 37.0. The lowest BCUT2D eigenvalue weighted by Crippen LogP contribution is -2.44. The first-order valence-corrected chi connectivity index (χ1v) is 5.23. The predicted octanol–water partition coefficient (Wildman–Crippen LogP) is 0.651. The SMILES string of the molecule is CC(C)C(=O)NC1CC2CCC1N2. The molecule has 13 heavy (non-hydrogen) atoms. The van der Waals surface area contributed by atoms with E-state index in [1.54, 1.807) is 0 Å². The summed E-state index contributed by atoms with van der Waals surface area (Å²) in [6, 6.07) is 1.61. The van der Waals surface area contributed by atoms with Crippen LogP contribution < -0.4 is 10.6 Å². The van der Waals surface area contributed by atoms with Gasteiger partial charge in [0.25, 0.3) is 0 Å². The Labute approximate surface area is 79.3 Å². The van der Waals surface area contributed by atoms with Crippen LogP contribution in [0.5, 0.6) is 0 Å². The van der Waals surface area contributed by atoms with E-state index in [9.17, 15) is 4.79 Å². The van der Waals surface area contributed by atoms with Gasteiger partial charge in [0.05, 0.1) is 0 Å². The van der Waals surface area contributed by atoms with Crippen LogP contribution in [0.15, 0.2) is 0 Å². The molecule has 2 rings (SSSR count). The lowest BCUT2D eigenvalue weighted by atomic mass is 9.95. The summed E-state index contributed by atoms with van der Waals surface area (Å²) in [5.41, 5.74) is 0. The standard InChI is InChI=1S/C10H18N2O/c1-6(2)10(13)12-9-5-7-3-4-8(9)11-7/h6-9,11H,3-5H2,1-2H3,(H,12,13). The summed E-state index contributed by atoms with van der Waals surface area (Å²) >= 11 is 0. The Bertz CT molecular complexity index is 215. The molecule has 0 spiro atoms. The Morgan fingerprint density at radius 1 is 1.46 bits per heavy atom.